The molecule has 0 radical (unpaired) electrons. The van der Waals surface area contributed by atoms with Crippen LogP contribution in [0, 0.1) is 3.83 Å². The summed E-state index contributed by atoms with van der Waals surface area (Å²) in [7, 11) is 0. The second-order valence-electron chi connectivity index (χ2n) is 2.59. The van der Waals surface area contributed by atoms with Crippen LogP contribution in [-0.2, 0) is 6.54 Å². The van der Waals surface area contributed by atoms with E-state index in [0.717, 1.165) is 10.4 Å². The van der Waals surface area contributed by atoms with Gasteiger partial charge < -0.3 is 0 Å². The Labute approximate surface area is 89.1 Å². The lowest BCUT2D eigenvalue weighted by Crippen LogP contribution is -2.03. The quantitative estimate of drug-likeness (QED) is 0.782. The van der Waals surface area contributed by atoms with E-state index in [1.54, 1.807) is 4.68 Å². The number of hydrogen-bond acceptors (Lipinski definition) is 3. The van der Waals surface area contributed by atoms with Crippen LogP contribution < -0.4 is 0 Å². The molecule has 0 fully saturated rings. The van der Waals surface area contributed by atoms with Gasteiger partial charge in [-0.25, -0.2) is 4.68 Å². The van der Waals surface area contributed by atoms with Crippen molar-refractivity contribution in [2.24, 2.45) is 0 Å². The van der Waals surface area contributed by atoms with E-state index in [4.69, 9.17) is 0 Å². The Hall–Kier alpha value is -0.980. The molecule has 0 bridgehead atoms. The van der Waals surface area contributed by atoms with Gasteiger partial charge >= 0.3 is 0 Å². The first kappa shape index (κ1) is 8.61. The topological polar surface area (TPSA) is 43.6 Å². The van der Waals surface area contributed by atoms with E-state index in [1.165, 1.54) is 5.56 Å². The SMILES string of the molecule is Ic1nnnn1Cc1ccccc1. The fourth-order valence-corrected chi connectivity index (χ4v) is 1.41. The van der Waals surface area contributed by atoms with E-state index >= 15 is 0 Å². The average Bonchev–Trinajstić information content (AvgIpc) is 2.54. The highest BCUT2D eigenvalue weighted by molar-refractivity contribution is 14.1. The standard InChI is InChI=1S/C8H7IN4/c9-8-10-11-12-13(8)6-7-4-2-1-3-5-7/h1-5H,6H2. The first-order valence-corrected chi connectivity index (χ1v) is 4.90. The van der Waals surface area contributed by atoms with Crippen molar-refractivity contribution in [2.45, 2.75) is 6.54 Å². The lowest BCUT2D eigenvalue weighted by molar-refractivity contribution is 0.636. The number of benzene rings is 1. The van der Waals surface area contributed by atoms with Crippen molar-refractivity contribution in [1.29, 1.82) is 0 Å². The summed E-state index contributed by atoms with van der Waals surface area (Å²) in [5.74, 6) is 0. The molecular formula is C8H7IN4. The Morgan fingerprint density at radius 2 is 2.00 bits per heavy atom. The van der Waals surface area contributed by atoms with Crippen LogP contribution >= 0.6 is 22.6 Å². The molecule has 5 heteroatoms. The molecule has 13 heavy (non-hydrogen) atoms. The molecule has 4 nitrogen and oxygen atoms in total. The Balaban J connectivity index is 2.20. The van der Waals surface area contributed by atoms with Crippen molar-refractivity contribution in [3.05, 3.63) is 39.7 Å². The Kier molecular flexibility index (Phi) is 2.53. The van der Waals surface area contributed by atoms with Crippen molar-refractivity contribution >= 4 is 22.6 Å². The monoisotopic (exact) mass is 286 g/mol. The largest absolute Gasteiger partial charge is 0.216 e. The van der Waals surface area contributed by atoms with Gasteiger partial charge in [-0.05, 0) is 16.0 Å². The molecule has 0 saturated heterocycles. The molecular weight excluding hydrogens is 279 g/mol. The lowest BCUT2D eigenvalue weighted by atomic mass is 10.2. The first-order chi connectivity index (χ1) is 6.36. The van der Waals surface area contributed by atoms with Gasteiger partial charge in [0.1, 0.15) is 0 Å². The second kappa shape index (κ2) is 3.82. The Morgan fingerprint density at radius 3 is 2.62 bits per heavy atom. The minimum Gasteiger partial charge on any atom is -0.216 e. The Morgan fingerprint density at radius 1 is 1.23 bits per heavy atom. The van der Waals surface area contributed by atoms with Crippen molar-refractivity contribution in [2.75, 3.05) is 0 Å². The smallest absolute Gasteiger partial charge is 0.212 e. The molecule has 1 aromatic heterocycles. The van der Waals surface area contributed by atoms with Gasteiger partial charge in [-0.1, -0.05) is 30.3 Å². The zero-order chi connectivity index (χ0) is 9.10. The normalized spacial score (nSPS) is 10.2. The van der Waals surface area contributed by atoms with Gasteiger partial charge in [0.25, 0.3) is 0 Å². The van der Waals surface area contributed by atoms with Crippen molar-refractivity contribution in [3.63, 3.8) is 0 Å². The van der Waals surface area contributed by atoms with Crippen LogP contribution in [0.15, 0.2) is 30.3 Å². The molecule has 1 aromatic carbocycles. The molecule has 2 aromatic rings. The Bertz CT molecular complexity index is 384. The van der Waals surface area contributed by atoms with Crippen LogP contribution in [0.4, 0.5) is 0 Å². The van der Waals surface area contributed by atoms with E-state index in [0.29, 0.717) is 0 Å². The second-order valence-corrected chi connectivity index (χ2v) is 3.56. The predicted octanol–water partition coefficient (Wildman–Crippen LogP) is 1.33. The van der Waals surface area contributed by atoms with Crippen LogP contribution in [0.25, 0.3) is 0 Å². The molecule has 0 aliphatic heterocycles. The number of halogens is 1. The van der Waals surface area contributed by atoms with E-state index in [-0.39, 0.29) is 0 Å². The first-order valence-electron chi connectivity index (χ1n) is 3.82. The summed E-state index contributed by atoms with van der Waals surface area (Å²) < 4.78 is 2.57. The number of nitrogens with zero attached hydrogens (tertiary/aromatic N) is 4. The molecule has 0 aliphatic rings. The molecule has 0 aliphatic carbocycles. The molecule has 1 heterocycles. The maximum absolute atomic E-state index is 3.86. The minimum atomic E-state index is 0.728. The lowest BCUT2D eigenvalue weighted by Gasteiger charge is -1.99. The molecule has 0 saturated carbocycles. The molecule has 0 spiro atoms. The van der Waals surface area contributed by atoms with Crippen LogP contribution in [0.2, 0.25) is 0 Å². The summed E-state index contributed by atoms with van der Waals surface area (Å²) in [5, 5.41) is 11.2. The number of hydrogen-bond donors (Lipinski definition) is 0. The van der Waals surface area contributed by atoms with Crippen molar-refractivity contribution < 1.29 is 0 Å². The average molecular weight is 286 g/mol. The summed E-state index contributed by atoms with van der Waals surface area (Å²) in [5.41, 5.74) is 1.20. The van der Waals surface area contributed by atoms with Gasteiger partial charge in [0, 0.05) is 22.6 Å². The summed E-state index contributed by atoms with van der Waals surface area (Å²) >= 11 is 2.11. The molecule has 2 rings (SSSR count). The highest BCUT2D eigenvalue weighted by atomic mass is 127. The van der Waals surface area contributed by atoms with E-state index in [2.05, 4.69) is 50.2 Å². The van der Waals surface area contributed by atoms with E-state index in [1.807, 2.05) is 18.2 Å². The number of rotatable bonds is 2. The maximum Gasteiger partial charge on any atom is 0.212 e. The third-order valence-corrected chi connectivity index (χ3v) is 2.44. The summed E-state index contributed by atoms with van der Waals surface area (Å²) in [4.78, 5) is 0. The van der Waals surface area contributed by atoms with Crippen molar-refractivity contribution in [1.82, 2.24) is 20.2 Å². The van der Waals surface area contributed by atoms with Gasteiger partial charge in [0.2, 0.25) is 3.83 Å². The van der Waals surface area contributed by atoms with Crippen LogP contribution in [0.3, 0.4) is 0 Å². The molecule has 0 unspecified atom stereocenters. The fourth-order valence-electron chi connectivity index (χ4n) is 1.05. The highest BCUT2D eigenvalue weighted by Crippen LogP contribution is 2.03. The highest BCUT2D eigenvalue weighted by Gasteiger charge is 2.01. The fraction of sp³-hybridized carbons (Fsp3) is 0.125. The zero-order valence-corrected chi connectivity index (χ0v) is 8.92. The minimum absolute atomic E-state index is 0.728. The van der Waals surface area contributed by atoms with Gasteiger partial charge in [-0.15, -0.1) is 5.10 Å². The third-order valence-electron chi connectivity index (χ3n) is 1.66. The van der Waals surface area contributed by atoms with Crippen LogP contribution in [0.5, 0.6) is 0 Å². The third kappa shape index (κ3) is 2.03. The summed E-state index contributed by atoms with van der Waals surface area (Å²) in [6.45, 7) is 0.728. The maximum atomic E-state index is 3.86. The van der Waals surface area contributed by atoms with Gasteiger partial charge in [0.05, 0.1) is 6.54 Å². The number of tetrazole rings is 1. The van der Waals surface area contributed by atoms with E-state index in [9.17, 15) is 0 Å². The molecule has 66 valence electrons. The zero-order valence-electron chi connectivity index (χ0n) is 6.76. The molecule has 0 atom stereocenters. The van der Waals surface area contributed by atoms with Gasteiger partial charge in [-0.3, -0.25) is 0 Å². The molecule has 0 amide bonds. The summed E-state index contributed by atoms with van der Waals surface area (Å²) in [6, 6.07) is 10.1. The van der Waals surface area contributed by atoms with Gasteiger partial charge in [0.15, 0.2) is 0 Å². The number of aromatic nitrogens is 4. The van der Waals surface area contributed by atoms with Crippen LogP contribution in [-0.4, -0.2) is 20.2 Å². The molecule has 0 N–H and O–H groups in total. The van der Waals surface area contributed by atoms with Crippen LogP contribution in [0.1, 0.15) is 5.56 Å². The van der Waals surface area contributed by atoms with Crippen molar-refractivity contribution in [3.8, 4) is 0 Å². The predicted molar refractivity (Wildman–Crippen MR) is 56.1 cm³/mol. The van der Waals surface area contributed by atoms with E-state index < -0.39 is 0 Å². The summed E-state index contributed by atoms with van der Waals surface area (Å²) in [6.07, 6.45) is 0. The van der Waals surface area contributed by atoms with Gasteiger partial charge in [-0.2, -0.15) is 0 Å².